The summed E-state index contributed by atoms with van der Waals surface area (Å²) in [5.41, 5.74) is 0. The monoisotopic (exact) mass is 207 g/mol. The van der Waals surface area contributed by atoms with E-state index in [0.29, 0.717) is 18.6 Å². The van der Waals surface area contributed by atoms with Crippen LogP contribution in [-0.4, -0.2) is 24.5 Å². The topological polar surface area (TPSA) is 64.9 Å². The van der Waals surface area contributed by atoms with Crippen LogP contribution in [0.5, 0.6) is 0 Å². The van der Waals surface area contributed by atoms with Gasteiger partial charge in [0.25, 0.3) is 0 Å². The predicted octanol–water partition coefficient (Wildman–Crippen LogP) is 0.403. The molecule has 0 aromatic rings. The summed E-state index contributed by atoms with van der Waals surface area (Å²) >= 11 is 0. The number of carbonyl (C=O) groups is 1. The molecule has 2 N–H and O–H groups in total. The van der Waals surface area contributed by atoms with E-state index in [1.54, 1.807) is 0 Å². The molecule has 0 saturated carbocycles. The number of fused-ring (bicyclic) bond motifs is 2. The maximum atomic E-state index is 11.8. The van der Waals surface area contributed by atoms with E-state index in [0.717, 1.165) is 12.8 Å². The molecule has 2 fully saturated rings. The van der Waals surface area contributed by atoms with E-state index in [1.165, 1.54) is 6.42 Å². The van der Waals surface area contributed by atoms with E-state index in [4.69, 9.17) is 5.26 Å². The van der Waals surface area contributed by atoms with Crippen LogP contribution >= 0.6 is 0 Å². The van der Waals surface area contributed by atoms with Gasteiger partial charge in [-0.3, -0.25) is 4.79 Å². The smallest absolute Gasteiger partial charge is 0.224 e. The molecule has 0 spiro atoms. The highest BCUT2D eigenvalue weighted by Gasteiger charge is 2.42. The third kappa shape index (κ3) is 2.13. The third-order valence-electron chi connectivity index (χ3n) is 3.44. The number of nitrogens with one attached hydrogen (secondary N) is 2. The maximum absolute atomic E-state index is 11.8. The first-order valence-corrected chi connectivity index (χ1v) is 5.64. The van der Waals surface area contributed by atoms with Gasteiger partial charge in [0.2, 0.25) is 5.91 Å². The zero-order valence-corrected chi connectivity index (χ0v) is 8.99. The summed E-state index contributed by atoms with van der Waals surface area (Å²) in [6, 6.07) is 3.05. The highest BCUT2D eigenvalue weighted by molar-refractivity contribution is 5.80. The van der Waals surface area contributed by atoms with E-state index in [9.17, 15) is 4.79 Å². The van der Waals surface area contributed by atoms with Crippen LogP contribution in [0, 0.1) is 23.2 Å². The van der Waals surface area contributed by atoms with Crippen LogP contribution in [0.25, 0.3) is 0 Å². The lowest BCUT2D eigenvalue weighted by molar-refractivity contribution is -0.125. The summed E-state index contributed by atoms with van der Waals surface area (Å²) in [5, 5.41) is 14.9. The quantitative estimate of drug-likeness (QED) is 0.704. The minimum atomic E-state index is -0.0968. The third-order valence-corrected chi connectivity index (χ3v) is 3.44. The average Bonchev–Trinajstić information content (AvgIpc) is 2.86. The number of hydrogen-bond donors (Lipinski definition) is 2. The van der Waals surface area contributed by atoms with Gasteiger partial charge >= 0.3 is 0 Å². The lowest BCUT2D eigenvalue weighted by Crippen LogP contribution is -2.39. The van der Waals surface area contributed by atoms with Gasteiger partial charge in [0.15, 0.2) is 0 Å². The van der Waals surface area contributed by atoms with E-state index < -0.39 is 0 Å². The van der Waals surface area contributed by atoms with E-state index in [-0.39, 0.29) is 17.7 Å². The van der Waals surface area contributed by atoms with E-state index >= 15 is 0 Å². The average molecular weight is 207 g/mol. The van der Waals surface area contributed by atoms with Crippen LogP contribution in [0.1, 0.15) is 26.2 Å². The van der Waals surface area contributed by atoms with Gasteiger partial charge in [-0.05, 0) is 26.2 Å². The van der Waals surface area contributed by atoms with Gasteiger partial charge in [-0.2, -0.15) is 5.26 Å². The van der Waals surface area contributed by atoms with Crippen molar-refractivity contribution >= 4 is 5.91 Å². The van der Waals surface area contributed by atoms with Crippen LogP contribution < -0.4 is 10.6 Å². The summed E-state index contributed by atoms with van der Waals surface area (Å²) in [6.45, 7) is 2.29. The number of nitrogens with zero attached hydrogens (tertiary/aromatic N) is 1. The Morgan fingerprint density at radius 1 is 1.67 bits per heavy atom. The molecule has 4 heteroatoms. The Morgan fingerprint density at radius 3 is 3.00 bits per heavy atom. The fraction of sp³-hybridized carbons (Fsp3) is 0.818. The zero-order chi connectivity index (χ0) is 10.8. The second-order valence-corrected chi connectivity index (χ2v) is 4.66. The first-order chi connectivity index (χ1) is 7.20. The number of hydrogen-bond acceptors (Lipinski definition) is 3. The first-order valence-electron chi connectivity index (χ1n) is 5.64. The van der Waals surface area contributed by atoms with Gasteiger partial charge in [-0.25, -0.2) is 0 Å². The van der Waals surface area contributed by atoms with Gasteiger partial charge in [0.05, 0.1) is 17.9 Å². The summed E-state index contributed by atoms with van der Waals surface area (Å²) in [5.74, 6) is 0.159. The molecule has 2 bridgehead atoms. The normalized spacial score (nSPS) is 34.8. The Hall–Kier alpha value is -1.08. The summed E-state index contributed by atoms with van der Waals surface area (Å²) < 4.78 is 0. The number of carbonyl (C=O) groups excluding carboxylic acids is 1. The summed E-state index contributed by atoms with van der Waals surface area (Å²) in [7, 11) is 0. The van der Waals surface area contributed by atoms with Crippen molar-refractivity contribution in [3.05, 3.63) is 0 Å². The molecule has 2 rings (SSSR count). The Labute approximate surface area is 90.0 Å². The van der Waals surface area contributed by atoms with Crippen molar-refractivity contribution in [2.24, 2.45) is 11.8 Å². The molecule has 2 saturated heterocycles. The molecular formula is C11H17N3O. The largest absolute Gasteiger partial charge is 0.355 e. The molecule has 0 radical (unpaired) electrons. The van der Waals surface area contributed by atoms with Crippen LogP contribution in [-0.2, 0) is 4.79 Å². The molecule has 0 aromatic carbocycles. The van der Waals surface area contributed by atoms with E-state index in [1.807, 2.05) is 6.92 Å². The summed E-state index contributed by atoms with van der Waals surface area (Å²) in [6.07, 6.45) is 3.30. The molecule has 15 heavy (non-hydrogen) atoms. The fourth-order valence-corrected chi connectivity index (χ4v) is 2.54. The van der Waals surface area contributed by atoms with Gasteiger partial charge < -0.3 is 10.6 Å². The molecule has 4 nitrogen and oxygen atoms in total. The second-order valence-electron chi connectivity index (χ2n) is 4.66. The molecule has 82 valence electrons. The van der Waals surface area contributed by atoms with Crippen LogP contribution in [0.15, 0.2) is 0 Å². The van der Waals surface area contributed by atoms with Gasteiger partial charge in [0, 0.05) is 18.6 Å². The summed E-state index contributed by atoms with van der Waals surface area (Å²) in [4.78, 5) is 11.8. The Balaban J connectivity index is 1.80. The predicted molar refractivity (Wildman–Crippen MR) is 55.8 cm³/mol. The highest BCUT2D eigenvalue weighted by Crippen LogP contribution is 2.33. The van der Waals surface area contributed by atoms with E-state index in [2.05, 4.69) is 16.7 Å². The second kappa shape index (κ2) is 4.19. The highest BCUT2D eigenvalue weighted by atomic mass is 16.1. The van der Waals surface area contributed by atoms with Crippen molar-refractivity contribution in [2.75, 3.05) is 6.54 Å². The molecule has 4 unspecified atom stereocenters. The fourth-order valence-electron chi connectivity index (χ4n) is 2.54. The number of rotatable bonds is 3. The Kier molecular flexibility index (Phi) is 2.92. The maximum Gasteiger partial charge on any atom is 0.224 e. The SMILES string of the molecule is CC(C#N)CNC(=O)C1CC2CCC1N2. The van der Waals surface area contributed by atoms with Crippen molar-refractivity contribution in [2.45, 2.75) is 38.3 Å². The van der Waals surface area contributed by atoms with Gasteiger partial charge in [-0.15, -0.1) is 0 Å². The molecule has 1 amide bonds. The van der Waals surface area contributed by atoms with Gasteiger partial charge in [-0.1, -0.05) is 0 Å². The van der Waals surface area contributed by atoms with Crippen molar-refractivity contribution in [1.82, 2.24) is 10.6 Å². The van der Waals surface area contributed by atoms with Crippen molar-refractivity contribution in [1.29, 1.82) is 5.26 Å². The standard InChI is InChI=1S/C11H17N3O/c1-7(5-12)6-13-11(15)9-4-8-2-3-10(9)14-8/h7-10,14H,2-4,6H2,1H3,(H,13,15). The lowest BCUT2D eigenvalue weighted by Gasteiger charge is -2.19. The first kappa shape index (κ1) is 10.4. The van der Waals surface area contributed by atoms with Crippen LogP contribution in [0.3, 0.4) is 0 Å². The molecular weight excluding hydrogens is 190 g/mol. The van der Waals surface area contributed by atoms with Crippen molar-refractivity contribution < 1.29 is 4.79 Å². The minimum absolute atomic E-state index is 0.0968. The lowest BCUT2D eigenvalue weighted by atomic mass is 9.88. The van der Waals surface area contributed by atoms with Crippen molar-refractivity contribution in [3.63, 3.8) is 0 Å². The number of amides is 1. The molecule has 2 aliphatic heterocycles. The molecule has 4 atom stereocenters. The van der Waals surface area contributed by atoms with Crippen LogP contribution in [0.4, 0.5) is 0 Å². The Bertz CT molecular complexity index is 297. The van der Waals surface area contributed by atoms with Gasteiger partial charge in [0.1, 0.15) is 0 Å². The molecule has 2 heterocycles. The van der Waals surface area contributed by atoms with Crippen LogP contribution in [0.2, 0.25) is 0 Å². The molecule has 0 aromatic heterocycles. The number of nitriles is 1. The minimum Gasteiger partial charge on any atom is -0.355 e. The Morgan fingerprint density at radius 2 is 2.47 bits per heavy atom. The van der Waals surface area contributed by atoms with Crippen molar-refractivity contribution in [3.8, 4) is 6.07 Å². The molecule has 2 aliphatic rings. The zero-order valence-electron chi connectivity index (χ0n) is 8.99. The molecule has 0 aliphatic carbocycles.